The van der Waals surface area contributed by atoms with Gasteiger partial charge in [0.05, 0.1) is 16.8 Å². The standard InChI is InChI=1S/C23H19N5O2/c1-24-23(30)27-17-8-6-16(7-9-17)26-22(29)19-14-21(15-10-12-25-13-11-15)28-20-5-3-2-4-18(19)20/h2-14H,1H3,(H,26,29)(H2,24,27,30). The van der Waals surface area contributed by atoms with Crippen LogP contribution in [-0.4, -0.2) is 29.0 Å². The van der Waals surface area contributed by atoms with Crippen LogP contribution in [0.4, 0.5) is 16.2 Å². The van der Waals surface area contributed by atoms with Crippen LogP contribution >= 0.6 is 0 Å². The van der Waals surface area contributed by atoms with E-state index in [4.69, 9.17) is 0 Å². The molecular formula is C23H19N5O2. The number of amides is 3. The zero-order chi connectivity index (χ0) is 20.9. The smallest absolute Gasteiger partial charge is 0.318 e. The Morgan fingerprint density at radius 2 is 1.50 bits per heavy atom. The number of urea groups is 1. The second kappa shape index (κ2) is 8.40. The van der Waals surface area contributed by atoms with E-state index in [2.05, 4.69) is 25.9 Å². The summed E-state index contributed by atoms with van der Waals surface area (Å²) in [6.45, 7) is 0. The van der Waals surface area contributed by atoms with Gasteiger partial charge in [-0.3, -0.25) is 9.78 Å². The number of carbonyl (C=O) groups excluding carboxylic acids is 2. The minimum absolute atomic E-state index is 0.240. The third-order valence-corrected chi connectivity index (χ3v) is 4.56. The van der Waals surface area contributed by atoms with Crippen LogP contribution in [0.3, 0.4) is 0 Å². The SMILES string of the molecule is CNC(=O)Nc1ccc(NC(=O)c2cc(-c3ccncc3)nc3ccccc23)cc1. The summed E-state index contributed by atoms with van der Waals surface area (Å²) >= 11 is 0. The molecule has 0 aliphatic heterocycles. The fraction of sp³-hybridized carbons (Fsp3) is 0.0435. The first-order valence-electron chi connectivity index (χ1n) is 9.34. The molecule has 4 rings (SSSR count). The van der Waals surface area contributed by atoms with Crippen molar-refractivity contribution in [2.45, 2.75) is 0 Å². The van der Waals surface area contributed by atoms with Crippen molar-refractivity contribution in [1.82, 2.24) is 15.3 Å². The van der Waals surface area contributed by atoms with Crippen molar-refractivity contribution in [1.29, 1.82) is 0 Å². The van der Waals surface area contributed by atoms with Crippen LogP contribution in [0, 0.1) is 0 Å². The van der Waals surface area contributed by atoms with Gasteiger partial charge in [0.2, 0.25) is 0 Å². The number of benzene rings is 2. The van der Waals surface area contributed by atoms with E-state index < -0.39 is 0 Å². The van der Waals surface area contributed by atoms with Crippen LogP contribution in [0.15, 0.2) is 79.1 Å². The molecule has 7 nitrogen and oxygen atoms in total. The second-order valence-corrected chi connectivity index (χ2v) is 6.54. The quantitative estimate of drug-likeness (QED) is 0.478. The molecule has 0 atom stereocenters. The van der Waals surface area contributed by atoms with Crippen molar-refractivity contribution >= 4 is 34.2 Å². The molecule has 0 radical (unpaired) electrons. The predicted octanol–water partition coefficient (Wildman–Crippen LogP) is 4.30. The van der Waals surface area contributed by atoms with Gasteiger partial charge in [-0.15, -0.1) is 0 Å². The van der Waals surface area contributed by atoms with Crippen molar-refractivity contribution in [2.24, 2.45) is 0 Å². The minimum atomic E-state index is -0.307. The molecule has 0 spiro atoms. The topological polar surface area (TPSA) is 96.0 Å². The summed E-state index contributed by atoms with van der Waals surface area (Å²) in [7, 11) is 1.54. The van der Waals surface area contributed by atoms with Gasteiger partial charge in [0.25, 0.3) is 5.91 Å². The number of carbonyl (C=O) groups is 2. The lowest BCUT2D eigenvalue weighted by atomic mass is 10.0. The van der Waals surface area contributed by atoms with E-state index in [0.717, 1.165) is 16.5 Å². The van der Waals surface area contributed by atoms with Crippen molar-refractivity contribution in [3.63, 3.8) is 0 Å². The number of hydrogen-bond donors (Lipinski definition) is 3. The Morgan fingerprint density at radius 1 is 0.833 bits per heavy atom. The lowest BCUT2D eigenvalue weighted by molar-refractivity contribution is 0.102. The number of aromatic nitrogens is 2. The van der Waals surface area contributed by atoms with Crippen LogP contribution in [0.5, 0.6) is 0 Å². The van der Waals surface area contributed by atoms with Gasteiger partial charge >= 0.3 is 6.03 Å². The number of nitrogens with one attached hydrogen (secondary N) is 3. The first-order valence-corrected chi connectivity index (χ1v) is 9.34. The highest BCUT2D eigenvalue weighted by atomic mass is 16.2. The van der Waals surface area contributed by atoms with E-state index in [1.165, 1.54) is 0 Å². The van der Waals surface area contributed by atoms with Gasteiger partial charge < -0.3 is 16.0 Å². The Morgan fingerprint density at radius 3 is 2.20 bits per heavy atom. The largest absolute Gasteiger partial charge is 0.341 e. The molecule has 4 aromatic rings. The molecule has 7 heteroatoms. The van der Waals surface area contributed by atoms with Crippen LogP contribution in [0.25, 0.3) is 22.2 Å². The fourth-order valence-electron chi connectivity index (χ4n) is 3.06. The lowest BCUT2D eigenvalue weighted by Crippen LogP contribution is -2.24. The fourth-order valence-corrected chi connectivity index (χ4v) is 3.06. The minimum Gasteiger partial charge on any atom is -0.341 e. The molecule has 2 heterocycles. The van der Waals surface area contributed by atoms with Crippen molar-refractivity contribution < 1.29 is 9.59 Å². The summed E-state index contributed by atoms with van der Waals surface area (Å²) < 4.78 is 0. The molecule has 0 aliphatic rings. The van der Waals surface area contributed by atoms with E-state index in [9.17, 15) is 9.59 Å². The molecule has 30 heavy (non-hydrogen) atoms. The maximum Gasteiger partial charge on any atom is 0.318 e. The Hall–Kier alpha value is -4.26. The van der Waals surface area contributed by atoms with E-state index in [0.29, 0.717) is 22.6 Å². The van der Waals surface area contributed by atoms with Gasteiger partial charge in [0, 0.05) is 41.8 Å². The second-order valence-electron chi connectivity index (χ2n) is 6.54. The first-order chi connectivity index (χ1) is 14.6. The molecule has 0 bridgehead atoms. The molecule has 0 aliphatic carbocycles. The molecule has 2 aromatic carbocycles. The Labute approximate surface area is 173 Å². The third-order valence-electron chi connectivity index (χ3n) is 4.56. The average molecular weight is 397 g/mol. The van der Waals surface area contributed by atoms with E-state index in [-0.39, 0.29) is 11.9 Å². The molecule has 148 valence electrons. The van der Waals surface area contributed by atoms with Gasteiger partial charge in [0.1, 0.15) is 0 Å². The molecule has 0 saturated heterocycles. The number of fused-ring (bicyclic) bond motifs is 1. The zero-order valence-electron chi connectivity index (χ0n) is 16.2. The van der Waals surface area contributed by atoms with Crippen LogP contribution in [-0.2, 0) is 0 Å². The molecular weight excluding hydrogens is 378 g/mol. The third kappa shape index (κ3) is 4.10. The number of para-hydroxylation sites is 1. The van der Waals surface area contributed by atoms with Gasteiger partial charge in [0.15, 0.2) is 0 Å². The molecule has 0 fully saturated rings. The Kier molecular flexibility index (Phi) is 5.34. The number of nitrogens with zero attached hydrogens (tertiary/aromatic N) is 2. The summed E-state index contributed by atoms with van der Waals surface area (Å²) in [6, 6.07) is 19.6. The first kappa shape index (κ1) is 19.1. The monoisotopic (exact) mass is 397 g/mol. The highest BCUT2D eigenvalue weighted by Crippen LogP contribution is 2.25. The van der Waals surface area contributed by atoms with Crippen LogP contribution < -0.4 is 16.0 Å². The zero-order valence-corrected chi connectivity index (χ0v) is 16.2. The maximum atomic E-state index is 13.1. The lowest BCUT2D eigenvalue weighted by Gasteiger charge is -2.11. The van der Waals surface area contributed by atoms with Crippen molar-refractivity contribution in [3.8, 4) is 11.3 Å². The normalized spacial score (nSPS) is 10.4. The van der Waals surface area contributed by atoms with Gasteiger partial charge in [-0.1, -0.05) is 18.2 Å². The highest BCUT2D eigenvalue weighted by Gasteiger charge is 2.14. The summed E-state index contributed by atoms with van der Waals surface area (Å²) in [6.07, 6.45) is 3.39. The summed E-state index contributed by atoms with van der Waals surface area (Å²) in [4.78, 5) is 33.2. The maximum absolute atomic E-state index is 13.1. The molecule has 2 aromatic heterocycles. The summed E-state index contributed by atoms with van der Waals surface area (Å²) in [5, 5.41) is 8.85. The molecule has 3 amide bonds. The van der Waals surface area contributed by atoms with E-state index in [1.807, 2.05) is 36.4 Å². The summed E-state index contributed by atoms with van der Waals surface area (Å²) in [5.74, 6) is -0.240. The van der Waals surface area contributed by atoms with Crippen LogP contribution in [0.1, 0.15) is 10.4 Å². The number of anilines is 2. The molecule has 3 N–H and O–H groups in total. The average Bonchev–Trinajstić information content (AvgIpc) is 2.80. The number of hydrogen-bond acceptors (Lipinski definition) is 4. The van der Waals surface area contributed by atoms with Gasteiger partial charge in [-0.2, -0.15) is 0 Å². The van der Waals surface area contributed by atoms with Crippen molar-refractivity contribution in [2.75, 3.05) is 17.7 Å². The highest BCUT2D eigenvalue weighted by molar-refractivity contribution is 6.13. The predicted molar refractivity (Wildman–Crippen MR) is 117 cm³/mol. The van der Waals surface area contributed by atoms with Gasteiger partial charge in [-0.25, -0.2) is 9.78 Å². The van der Waals surface area contributed by atoms with E-state index >= 15 is 0 Å². The Balaban J connectivity index is 1.65. The number of pyridine rings is 2. The van der Waals surface area contributed by atoms with Crippen molar-refractivity contribution in [3.05, 3.63) is 84.7 Å². The number of rotatable bonds is 4. The summed E-state index contributed by atoms with van der Waals surface area (Å²) in [5.41, 5.74) is 4.10. The Bertz CT molecular complexity index is 1210. The molecule has 0 saturated carbocycles. The van der Waals surface area contributed by atoms with Crippen LogP contribution in [0.2, 0.25) is 0 Å². The van der Waals surface area contributed by atoms with Gasteiger partial charge in [-0.05, 0) is 48.5 Å². The van der Waals surface area contributed by atoms with E-state index in [1.54, 1.807) is 49.8 Å². The molecule has 0 unspecified atom stereocenters.